The van der Waals surface area contributed by atoms with Gasteiger partial charge in [-0.3, -0.25) is 0 Å². The van der Waals surface area contributed by atoms with Gasteiger partial charge in [0.1, 0.15) is 0 Å². The summed E-state index contributed by atoms with van der Waals surface area (Å²) in [5.74, 6) is 0. The van der Waals surface area contributed by atoms with Crippen molar-refractivity contribution in [3.63, 3.8) is 0 Å². The van der Waals surface area contributed by atoms with Gasteiger partial charge in [-0.1, -0.05) is 35.3 Å². The monoisotopic (exact) mass is 332 g/mol. The predicted octanol–water partition coefficient (Wildman–Crippen LogP) is 3.86. The first-order chi connectivity index (χ1) is 9.65. The molecule has 118 valence electrons. The Bertz CT molecular complexity index is 501. The third-order valence-corrected chi connectivity index (χ3v) is 3.87. The van der Waals surface area contributed by atoms with E-state index in [2.05, 4.69) is 5.32 Å². The number of urea groups is 1. The van der Waals surface area contributed by atoms with Crippen molar-refractivity contribution in [1.82, 2.24) is 10.2 Å². The third kappa shape index (κ3) is 5.38. The molecule has 0 fully saturated rings. The SMILES string of the molecule is CCN(CC(C)(C)O)C(=O)NC(C)c1cccc(Cl)c1Cl. The van der Waals surface area contributed by atoms with Crippen molar-refractivity contribution in [1.29, 1.82) is 0 Å². The van der Waals surface area contributed by atoms with Crippen LogP contribution in [0.4, 0.5) is 4.79 Å². The highest BCUT2D eigenvalue weighted by atomic mass is 35.5. The number of carbonyl (C=O) groups is 1. The van der Waals surface area contributed by atoms with Crippen molar-refractivity contribution < 1.29 is 9.90 Å². The van der Waals surface area contributed by atoms with Gasteiger partial charge in [0.05, 0.1) is 28.2 Å². The van der Waals surface area contributed by atoms with Crippen LogP contribution in [0.1, 0.15) is 39.3 Å². The quantitative estimate of drug-likeness (QED) is 0.860. The number of aliphatic hydroxyl groups is 1. The average Bonchev–Trinajstić information content (AvgIpc) is 2.37. The molecule has 1 aromatic rings. The Morgan fingerprint density at radius 3 is 2.57 bits per heavy atom. The molecule has 0 bridgehead atoms. The highest BCUT2D eigenvalue weighted by Crippen LogP contribution is 2.29. The smallest absolute Gasteiger partial charge is 0.317 e. The van der Waals surface area contributed by atoms with Crippen LogP contribution in [0.2, 0.25) is 10.0 Å². The first-order valence-electron chi connectivity index (χ1n) is 6.87. The molecule has 0 saturated carbocycles. The number of nitrogens with zero attached hydrogens (tertiary/aromatic N) is 1. The zero-order valence-corrected chi connectivity index (χ0v) is 14.3. The molecule has 0 aliphatic rings. The lowest BCUT2D eigenvalue weighted by Gasteiger charge is -2.29. The lowest BCUT2D eigenvalue weighted by atomic mass is 10.1. The molecular formula is C15H22Cl2N2O2. The van der Waals surface area contributed by atoms with Crippen molar-refractivity contribution in [2.24, 2.45) is 0 Å². The molecule has 1 unspecified atom stereocenters. The van der Waals surface area contributed by atoms with Crippen LogP contribution >= 0.6 is 23.2 Å². The zero-order valence-electron chi connectivity index (χ0n) is 12.8. The Labute approximate surface area is 136 Å². The molecule has 0 aliphatic carbocycles. The highest BCUT2D eigenvalue weighted by Gasteiger charge is 2.23. The largest absolute Gasteiger partial charge is 0.389 e. The summed E-state index contributed by atoms with van der Waals surface area (Å²) in [5.41, 5.74) is -0.179. The van der Waals surface area contributed by atoms with Gasteiger partial charge in [0.15, 0.2) is 0 Å². The molecule has 4 nitrogen and oxygen atoms in total. The van der Waals surface area contributed by atoms with Crippen molar-refractivity contribution in [3.8, 4) is 0 Å². The molecule has 1 atom stereocenters. The zero-order chi connectivity index (χ0) is 16.2. The van der Waals surface area contributed by atoms with E-state index in [1.54, 1.807) is 30.9 Å². The van der Waals surface area contributed by atoms with Gasteiger partial charge in [-0.25, -0.2) is 4.79 Å². The molecule has 2 amide bonds. The Hall–Kier alpha value is -0.970. The van der Waals surface area contributed by atoms with Gasteiger partial charge in [0.25, 0.3) is 0 Å². The molecule has 6 heteroatoms. The van der Waals surface area contributed by atoms with Crippen LogP contribution in [0.5, 0.6) is 0 Å². The maximum atomic E-state index is 12.3. The molecule has 2 N–H and O–H groups in total. The number of rotatable bonds is 5. The number of halogens is 2. The Morgan fingerprint density at radius 2 is 2.05 bits per heavy atom. The first-order valence-corrected chi connectivity index (χ1v) is 7.63. The fourth-order valence-corrected chi connectivity index (χ4v) is 2.47. The molecule has 0 saturated heterocycles. The van der Waals surface area contributed by atoms with E-state index in [1.807, 2.05) is 19.9 Å². The molecule has 0 radical (unpaired) electrons. The second-order valence-electron chi connectivity index (χ2n) is 5.64. The maximum Gasteiger partial charge on any atom is 0.317 e. The van der Waals surface area contributed by atoms with Gasteiger partial charge in [0, 0.05) is 6.54 Å². The van der Waals surface area contributed by atoms with Crippen molar-refractivity contribution in [2.45, 2.75) is 39.3 Å². The van der Waals surface area contributed by atoms with Gasteiger partial charge in [-0.15, -0.1) is 0 Å². The number of benzene rings is 1. The fraction of sp³-hybridized carbons (Fsp3) is 0.533. The van der Waals surface area contributed by atoms with Gasteiger partial charge < -0.3 is 15.3 Å². The van der Waals surface area contributed by atoms with Crippen LogP contribution in [0.15, 0.2) is 18.2 Å². The van der Waals surface area contributed by atoms with Crippen LogP contribution in [-0.2, 0) is 0 Å². The van der Waals surface area contributed by atoms with Crippen LogP contribution in [0, 0.1) is 0 Å². The Kier molecular flexibility index (Phi) is 6.32. The molecule has 0 aliphatic heterocycles. The van der Waals surface area contributed by atoms with E-state index < -0.39 is 5.60 Å². The van der Waals surface area contributed by atoms with E-state index in [0.29, 0.717) is 16.6 Å². The molecule has 1 rings (SSSR count). The summed E-state index contributed by atoms with van der Waals surface area (Å²) in [5, 5.41) is 13.6. The van der Waals surface area contributed by atoms with Gasteiger partial charge in [0.2, 0.25) is 0 Å². The van der Waals surface area contributed by atoms with Crippen LogP contribution in [0.25, 0.3) is 0 Å². The topological polar surface area (TPSA) is 52.6 Å². The first kappa shape index (κ1) is 18.1. The summed E-state index contributed by atoms with van der Waals surface area (Å²) >= 11 is 12.1. The molecule has 21 heavy (non-hydrogen) atoms. The van der Waals surface area contributed by atoms with Gasteiger partial charge >= 0.3 is 6.03 Å². The highest BCUT2D eigenvalue weighted by molar-refractivity contribution is 6.42. The van der Waals surface area contributed by atoms with E-state index in [-0.39, 0.29) is 18.6 Å². The number of likely N-dealkylation sites (N-methyl/N-ethyl adjacent to an activating group) is 1. The number of hydrogen-bond donors (Lipinski definition) is 2. The summed E-state index contributed by atoms with van der Waals surface area (Å²) in [6.07, 6.45) is 0. The van der Waals surface area contributed by atoms with Crippen molar-refractivity contribution in [3.05, 3.63) is 33.8 Å². The number of nitrogens with one attached hydrogen (secondary N) is 1. The third-order valence-electron chi connectivity index (χ3n) is 3.03. The Morgan fingerprint density at radius 1 is 1.43 bits per heavy atom. The standard InChI is InChI=1S/C15H22Cl2N2O2/c1-5-19(9-15(3,4)21)14(20)18-10(2)11-7-6-8-12(16)13(11)17/h6-8,10,21H,5,9H2,1-4H3,(H,18,20). The number of amides is 2. The lowest BCUT2D eigenvalue weighted by molar-refractivity contribution is 0.0476. The van der Waals surface area contributed by atoms with Gasteiger partial charge in [-0.2, -0.15) is 0 Å². The second kappa shape index (κ2) is 7.34. The number of hydrogen-bond acceptors (Lipinski definition) is 2. The minimum absolute atomic E-state index is 0.247. The average molecular weight is 333 g/mol. The fourth-order valence-electron chi connectivity index (χ4n) is 2.00. The molecule has 0 heterocycles. The Balaban J connectivity index is 2.79. The van der Waals surface area contributed by atoms with Crippen molar-refractivity contribution in [2.75, 3.05) is 13.1 Å². The summed E-state index contributed by atoms with van der Waals surface area (Å²) in [4.78, 5) is 13.8. The summed E-state index contributed by atoms with van der Waals surface area (Å²) in [7, 11) is 0. The van der Waals surface area contributed by atoms with E-state index in [4.69, 9.17) is 23.2 Å². The van der Waals surface area contributed by atoms with Crippen molar-refractivity contribution >= 4 is 29.2 Å². The van der Waals surface area contributed by atoms with E-state index in [1.165, 1.54) is 0 Å². The second-order valence-corrected chi connectivity index (χ2v) is 6.43. The number of carbonyl (C=O) groups excluding carboxylic acids is 1. The molecular weight excluding hydrogens is 311 g/mol. The minimum Gasteiger partial charge on any atom is -0.389 e. The summed E-state index contributed by atoms with van der Waals surface area (Å²) < 4.78 is 0. The normalized spacial score (nSPS) is 12.9. The molecule has 1 aromatic carbocycles. The lowest BCUT2D eigenvalue weighted by Crippen LogP contribution is -2.47. The summed E-state index contributed by atoms with van der Waals surface area (Å²) in [6.45, 7) is 7.80. The summed E-state index contributed by atoms with van der Waals surface area (Å²) in [6, 6.07) is 4.79. The maximum absolute atomic E-state index is 12.3. The molecule has 0 spiro atoms. The van der Waals surface area contributed by atoms with E-state index >= 15 is 0 Å². The minimum atomic E-state index is -0.940. The van der Waals surface area contributed by atoms with Crippen LogP contribution < -0.4 is 5.32 Å². The van der Waals surface area contributed by atoms with E-state index in [0.717, 1.165) is 5.56 Å². The van der Waals surface area contributed by atoms with Crippen LogP contribution in [-0.4, -0.2) is 34.7 Å². The predicted molar refractivity (Wildman–Crippen MR) is 87.0 cm³/mol. The van der Waals surface area contributed by atoms with E-state index in [9.17, 15) is 9.90 Å². The molecule has 0 aromatic heterocycles. The van der Waals surface area contributed by atoms with Gasteiger partial charge in [-0.05, 0) is 39.3 Å². The van der Waals surface area contributed by atoms with Crippen LogP contribution in [0.3, 0.4) is 0 Å².